The Morgan fingerprint density at radius 3 is 2.58 bits per heavy atom. The lowest BCUT2D eigenvalue weighted by Crippen LogP contribution is -1.99. The molecule has 0 aliphatic carbocycles. The van der Waals surface area contributed by atoms with Crippen molar-refractivity contribution in [1.29, 1.82) is 0 Å². The highest BCUT2D eigenvalue weighted by molar-refractivity contribution is 7.80. The van der Waals surface area contributed by atoms with Gasteiger partial charge in [-0.3, -0.25) is 4.18 Å². The zero-order chi connectivity index (χ0) is 8.81. The molecule has 0 amide bonds. The maximum absolute atomic E-state index is 10.9. The van der Waals surface area contributed by atoms with Crippen LogP contribution in [0.25, 0.3) is 0 Å². The van der Waals surface area contributed by atoms with Gasteiger partial charge in [-0.15, -0.1) is 0 Å². The Bertz CT molecular complexity index is 246. The summed E-state index contributed by atoms with van der Waals surface area (Å²) in [6, 6.07) is 9.72. The standard InChI is InChI=1S/C9H12O2S/c1-2-12(10)11-8-9-6-4-3-5-7-9/h3-7H,2,8H2,1H3. The first-order chi connectivity index (χ1) is 5.83. The molecule has 2 nitrogen and oxygen atoms in total. The van der Waals surface area contributed by atoms with E-state index in [0.717, 1.165) is 5.56 Å². The Morgan fingerprint density at radius 2 is 2.00 bits per heavy atom. The first-order valence-electron chi connectivity index (χ1n) is 3.88. The van der Waals surface area contributed by atoms with E-state index in [9.17, 15) is 4.21 Å². The average Bonchev–Trinajstić information content (AvgIpc) is 2.16. The first-order valence-corrected chi connectivity index (χ1v) is 5.13. The Balaban J connectivity index is 2.38. The van der Waals surface area contributed by atoms with Gasteiger partial charge in [-0.1, -0.05) is 37.3 Å². The fraction of sp³-hybridized carbons (Fsp3) is 0.333. The summed E-state index contributed by atoms with van der Waals surface area (Å²) in [6.07, 6.45) is 0. The third kappa shape index (κ3) is 3.15. The van der Waals surface area contributed by atoms with E-state index in [4.69, 9.17) is 4.18 Å². The molecule has 0 saturated heterocycles. The van der Waals surface area contributed by atoms with Gasteiger partial charge in [-0.2, -0.15) is 0 Å². The average molecular weight is 184 g/mol. The smallest absolute Gasteiger partial charge is 0.155 e. The molecular weight excluding hydrogens is 172 g/mol. The molecule has 0 radical (unpaired) electrons. The molecule has 0 heterocycles. The number of rotatable bonds is 4. The molecule has 1 unspecified atom stereocenters. The minimum Gasteiger partial charge on any atom is -0.286 e. The van der Waals surface area contributed by atoms with E-state index < -0.39 is 11.1 Å². The third-order valence-electron chi connectivity index (χ3n) is 1.44. The van der Waals surface area contributed by atoms with Crippen LogP contribution in [-0.4, -0.2) is 9.96 Å². The largest absolute Gasteiger partial charge is 0.286 e. The van der Waals surface area contributed by atoms with Crippen LogP contribution in [0.4, 0.5) is 0 Å². The molecule has 66 valence electrons. The minimum atomic E-state index is -1.13. The molecule has 1 rings (SSSR count). The predicted molar refractivity (Wildman–Crippen MR) is 49.9 cm³/mol. The third-order valence-corrected chi connectivity index (χ3v) is 2.29. The van der Waals surface area contributed by atoms with Crippen molar-refractivity contribution >= 4 is 11.1 Å². The van der Waals surface area contributed by atoms with Gasteiger partial charge >= 0.3 is 0 Å². The van der Waals surface area contributed by atoms with Crippen LogP contribution in [0.1, 0.15) is 12.5 Å². The molecule has 1 aromatic rings. The molecule has 0 bridgehead atoms. The van der Waals surface area contributed by atoms with E-state index in [-0.39, 0.29) is 0 Å². The predicted octanol–water partition coefficient (Wildman–Crippen LogP) is 1.89. The van der Waals surface area contributed by atoms with Crippen molar-refractivity contribution in [3.05, 3.63) is 35.9 Å². The molecular formula is C9H12O2S. The van der Waals surface area contributed by atoms with E-state index in [0.29, 0.717) is 12.4 Å². The highest BCUT2D eigenvalue weighted by atomic mass is 32.2. The van der Waals surface area contributed by atoms with Crippen molar-refractivity contribution < 1.29 is 8.39 Å². The van der Waals surface area contributed by atoms with Crippen LogP contribution in [0.5, 0.6) is 0 Å². The molecule has 0 saturated carbocycles. The second kappa shape index (κ2) is 5.06. The number of benzene rings is 1. The van der Waals surface area contributed by atoms with Crippen molar-refractivity contribution in [1.82, 2.24) is 0 Å². The number of hydrogen-bond acceptors (Lipinski definition) is 2. The summed E-state index contributed by atoms with van der Waals surface area (Å²) in [4.78, 5) is 0. The van der Waals surface area contributed by atoms with Gasteiger partial charge in [0.2, 0.25) is 0 Å². The van der Waals surface area contributed by atoms with Gasteiger partial charge in [0.15, 0.2) is 11.1 Å². The SMILES string of the molecule is CCS(=O)OCc1ccccc1. The Hall–Kier alpha value is -0.670. The molecule has 12 heavy (non-hydrogen) atoms. The van der Waals surface area contributed by atoms with Crippen molar-refractivity contribution in [3.8, 4) is 0 Å². The van der Waals surface area contributed by atoms with Crippen molar-refractivity contribution in [2.24, 2.45) is 0 Å². The zero-order valence-electron chi connectivity index (χ0n) is 7.03. The lowest BCUT2D eigenvalue weighted by molar-refractivity contribution is 0.338. The molecule has 0 spiro atoms. The minimum absolute atomic E-state index is 0.432. The number of hydrogen-bond donors (Lipinski definition) is 0. The maximum atomic E-state index is 10.9. The molecule has 0 aliphatic rings. The highest BCUT2D eigenvalue weighted by Crippen LogP contribution is 2.01. The molecule has 0 N–H and O–H groups in total. The summed E-state index contributed by atoms with van der Waals surface area (Å²) in [7, 11) is 0. The van der Waals surface area contributed by atoms with Gasteiger partial charge in [-0.05, 0) is 5.56 Å². The normalized spacial score (nSPS) is 12.8. The summed E-state index contributed by atoms with van der Waals surface area (Å²) in [6.45, 7) is 2.27. The quantitative estimate of drug-likeness (QED) is 0.714. The van der Waals surface area contributed by atoms with E-state index >= 15 is 0 Å². The maximum Gasteiger partial charge on any atom is 0.155 e. The van der Waals surface area contributed by atoms with Gasteiger partial charge in [-0.25, -0.2) is 4.21 Å². The van der Waals surface area contributed by atoms with Gasteiger partial charge in [0.25, 0.3) is 0 Å². The van der Waals surface area contributed by atoms with Gasteiger partial charge < -0.3 is 0 Å². The molecule has 0 fully saturated rings. The van der Waals surface area contributed by atoms with E-state index in [2.05, 4.69) is 0 Å². The lowest BCUT2D eigenvalue weighted by Gasteiger charge is -2.00. The molecule has 3 heteroatoms. The first kappa shape index (κ1) is 9.42. The lowest BCUT2D eigenvalue weighted by atomic mass is 10.2. The second-order valence-corrected chi connectivity index (χ2v) is 3.76. The van der Waals surface area contributed by atoms with Gasteiger partial charge in [0.1, 0.15) is 0 Å². The Morgan fingerprint density at radius 1 is 1.33 bits per heavy atom. The summed E-state index contributed by atoms with van der Waals surface area (Å²) in [5, 5.41) is 0. The van der Waals surface area contributed by atoms with Crippen LogP contribution in [0, 0.1) is 0 Å². The van der Waals surface area contributed by atoms with Crippen LogP contribution in [0.2, 0.25) is 0 Å². The van der Waals surface area contributed by atoms with Crippen LogP contribution < -0.4 is 0 Å². The van der Waals surface area contributed by atoms with Gasteiger partial charge in [0.05, 0.1) is 6.61 Å². The summed E-state index contributed by atoms with van der Waals surface area (Å²) in [5.41, 5.74) is 1.05. The van der Waals surface area contributed by atoms with Gasteiger partial charge in [0, 0.05) is 5.75 Å². The Labute approximate surface area is 75.2 Å². The fourth-order valence-electron chi connectivity index (χ4n) is 0.791. The molecule has 1 atom stereocenters. The second-order valence-electron chi connectivity index (χ2n) is 2.34. The zero-order valence-corrected chi connectivity index (χ0v) is 7.84. The topological polar surface area (TPSA) is 26.3 Å². The molecule has 0 aliphatic heterocycles. The molecule has 1 aromatic carbocycles. The fourth-order valence-corrected chi connectivity index (χ4v) is 1.23. The summed E-state index contributed by atoms with van der Waals surface area (Å²) < 4.78 is 15.9. The molecule has 0 aromatic heterocycles. The Kier molecular flexibility index (Phi) is 3.97. The van der Waals surface area contributed by atoms with Crippen molar-refractivity contribution in [2.75, 3.05) is 5.75 Å². The van der Waals surface area contributed by atoms with E-state index in [1.54, 1.807) is 0 Å². The van der Waals surface area contributed by atoms with Crippen molar-refractivity contribution in [2.45, 2.75) is 13.5 Å². The monoisotopic (exact) mass is 184 g/mol. The summed E-state index contributed by atoms with van der Waals surface area (Å²) in [5.74, 6) is 0.548. The van der Waals surface area contributed by atoms with E-state index in [1.807, 2.05) is 37.3 Å². The van der Waals surface area contributed by atoms with Crippen LogP contribution in [-0.2, 0) is 21.9 Å². The van der Waals surface area contributed by atoms with E-state index in [1.165, 1.54) is 0 Å². The summed E-state index contributed by atoms with van der Waals surface area (Å²) >= 11 is -1.13. The van der Waals surface area contributed by atoms with Crippen molar-refractivity contribution in [3.63, 3.8) is 0 Å². The van der Waals surface area contributed by atoms with Crippen LogP contribution in [0.15, 0.2) is 30.3 Å². The highest BCUT2D eigenvalue weighted by Gasteiger charge is 1.96. The van der Waals surface area contributed by atoms with Crippen LogP contribution in [0.3, 0.4) is 0 Å². The van der Waals surface area contributed by atoms with Crippen LogP contribution >= 0.6 is 0 Å².